The predicted octanol–water partition coefficient (Wildman–Crippen LogP) is 3.08. The Morgan fingerprint density at radius 3 is 2.91 bits per heavy atom. The van der Waals surface area contributed by atoms with E-state index in [9.17, 15) is 9.90 Å². The Morgan fingerprint density at radius 2 is 2.23 bits per heavy atom. The quantitative estimate of drug-likeness (QED) is 0.805. The molecule has 1 N–H and O–H groups in total. The number of hydrogen-bond donors (Lipinski definition) is 1. The van der Waals surface area contributed by atoms with Crippen molar-refractivity contribution in [2.45, 2.75) is 38.8 Å². The molecule has 1 aromatic carbocycles. The van der Waals surface area contributed by atoms with E-state index in [1.165, 1.54) is 7.11 Å². The number of rotatable bonds is 5. The van der Waals surface area contributed by atoms with Gasteiger partial charge in [-0.25, -0.2) is 0 Å². The van der Waals surface area contributed by atoms with Gasteiger partial charge in [0.1, 0.15) is 6.04 Å². The lowest BCUT2D eigenvalue weighted by atomic mass is 10.0. The summed E-state index contributed by atoms with van der Waals surface area (Å²) >= 11 is 3.42. The van der Waals surface area contributed by atoms with Gasteiger partial charge in [0.15, 0.2) is 11.5 Å². The molecule has 5 nitrogen and oxygen atoms in total. The first-order chi connectivity index (χ1) is 10.6. The molecular weight excluding hydrogens is 350 g/mol. The number of methoxy groups -OCH3 is 1. The van der Waals surface area contributed by atoms with E-state index in [0.29, 0.717) is 18.9 Å². The zero-order valence-electron chi connectivity index (χ0n) is 13.0. The van der Waals surface area contributed by atoms with Crippen LogP contribution in [0.2, 0.25) is 0 Å². The fourth-order valence-corrected chi connectivity index (χ4v) is 3.29. The molecule has 22 heavy (non-hydrogen) atoms. The van der Waals surface area contributed by atoms with Crippen LogP contribution in [-0.4, -0.2) is 42.3 Å². The van der Waals surface area contributed by atoms with Gasteiger partial charge in [0.05, 0.1) is 13.7 Å². The molecule has 1 heterocycles. The van der Waals surface area contributed by atoms with Crippen LogP contribution in [0, 0.1) is 0 Å². The molecular formula is C16H22BrNO4. The molecule has 2 rings (SSSR count). The summed E-state index contributed by atoms with van der Waals surface area (Å²) in [7, 11) is 1.52. The van der Waals surface area contributed by atoms with Gasteiger partial charge in [-0.3, -0.25) is 9.69 Å². The first-order valence-electron chi connectivity index (χ1n) is 7.52. The molecule has 1 aliphatic rings. The third kappa shape index (κ3) is 3.93. The Kier molecular flexibility index (Phi) is 6.08. The number of phenols is 1. The highest BCUT2D eigenvalue weighted by atomic mass is 79.9. The third-order valence-corrected chi connectivity index (χ3v) is 4.34. The fraction of sp³-hybridized carbons (Fsp3) is 0.562. The van der Waals surface area contributed by atoms with Gasteiger partial charge in [-0.05, 0) is 38.4 Å². The normalized spacial score (nSPS) is 19.0. The topological polar surface area (TPSA) is 59.0 Å². The molecule has 1 atom stereocenters. The Balaban J connectivity index is 2.20. The maximum Gasteiger partial charge on any atom is 0.323 e. The van der Waals surface area contributed by atoms with E-state index >= 15 is 0 Å². The van der Waals surface area contributed by atoms with E-state index < -0.39 is 0 Å². The Labute approximate surface area is 139 Å². The highest BCUT2D eigenvalue weighted by Gasteiger charge is 2.30. The molecule has 0 radical (unpaired) electrons. The zero-order chi connectivity index (χ0) is 16.1. The standard InChI is InChI=1S/C16H22BrNO4/c1-3-22-16(20)13-6-4-5-7-18(13)10-11-8-12(17)9-14(21-2)15(11)19/h8-9,13,19H,3-7,10H2,1-2H3. The van der Waals surface area contributed by atoms with E-state index in [1.54, 1.807) is 6.07 Å². The molecule has 0 saturated carbocycles. The molecule has 1 fully saturated rings. The highest BCUT2D eigenvalue weighted by Crippen LogP contribution is 2.35. The van der Waals surface area contributed by atoms with Crippen LogP contribution in [0.1, 0.15) is 31.7 Å². The number of phenolic OH excluding ortho intramolecular Hbond substituents is 1. The number of ether oxygens (including phenoxy) is 2. The summed E-state index contributed by atoms with van der Waals surface area (Å²) in [4.78, 5) is 14.2. The molecule has 1 unspecified atom stereocenters. The van der Waals surface area contributed by atoms with Gasteiger partial charge in [0.25, 0.3) is 0 Å². The monoisotopic (exact) mass is 371 g/mol. The minimum atomic E-state index is -0.238. The number of esters is 1. The van der Waals surface area contributed by atoms with Crippen molar-refractivity contribution < 1.29 is 19.4 Å². The molecule has 0 spiro atoms. The van der Waals surface area contributed by atoms with Crippen LogP contribution in [0.5, 0.6) is 11.5 Å². The molecule has 1 aliphatic heterocycles. The first-order valence-corrected chi connectivity index (χ1v) is 8.32. The van der Waals surface area contributed by atoms with Gasteiger partial charge in [-0.1, -0.05) is 22.4 Å². The summed E-state index contributed by atoms with van der Waals surface area (Å²) in [6.07, 6.45) is 2.86. The van der Waals surface area contributed by atoms with Crippen molar-refractivity contribution in [3.05, 3.63) is 22.2 Å². The Morgan fingerprint density at radius 1 is 1.45 bits per heavy atom. The van der Waals surface area contributed by atoms with Crippen molar-refractivity contribution in [3.63, 3.8) is 0 Å². The smallest absolute Gasteiger partial charge is 0.323 e. The second-order valence-electron chi connectivity index (χ2n) is 5.35. The van der Waals surface area contributed by atoms with Crippen molar-refractivity contribution in [1.29, 1.82) is 0 Å². The number of hydrogen-bond acceptors (Lipinski definition) is 5. The summed E-state index contributed by atoms with van der Waals surface area (Å²) in [5.74, 6) is 0.372. The minimum Gasteiger partial charge on any atom is -0.504 e. The number of nitrogens with zero attached hydrogens (tertiary/aromatic N) is 1. The summed E-state index contributed by atoms with van der Waals surface area (Å²) < 4.78 is 11.2. The van der Waals surface area contributed by atoms with Crippen LogP contribution < -0.4 is 4.74 Å². The highest BCUT2D eigenvalue weighted by molar-refractivity contribution is 9.10. The van der Waals surface area contributed by atoms with Crippen molar-refractivity contribution >= 4 is 21.9 Å². The van der Waals surface area contributed by atoms with Gasteiger partial charge in [0.2, 0.25) is 0 Å². The Hall–Kier alpha value is -1.27. The summed E-state index contributed by atoms with van der Waals surface area (Å²) in [5.41, 5.74) is 0.738. The number of carbonyl (C=O) groups is 1. The van der Waals surface area contributed by atoms with Crippen molar-refractivity contribution in [2.75, 3.05) is 20.3 Å². The third-order valence-electron chi connectivity index (χ3n) is 3.88. The van der Waals surface area contributed by atoms with E-state index in [1.807, 2.05) is 13.0 Å². The SMILES string of the molecule is CCOC(=O)C1CCCCN1Cc1cc(Br)cc(OC)c1O. The maximum absolute atomic E-state index is 12.1. The van der Waals surface area contributed by atoms with Crippen molar-refractivity contribution in [2.24, 2.45) is 0 Å². The molecule has 1 aromatic rings. The van der Waals surface area contributed by atoms with Crippen molar-refractivity contribution in [3.8, 4) is 11.5 Å². The fourth-order valence-electron chi connectivity index (χ4n) is 2.81. The van der Waals surface area contributed by atoms with Crippen molar-refractivity contribution in [1.82, 2.24) is 4.90 Å². The van der Waals surface area contributed by atoms with Crippen LogP contribution in [0.3, 0.4) is 0 Å². The average Bonchev–Trinajstić information content (AvgIpc) is 2.51. The number of piperidine rings is 1. The van der Waals surface area contributed by atoms with Gasteiger partial charge < -0.3 is 14.6 Å². The lowest BCUT2D eigenvalue weighted by molar-refractivity contribution is -0.151. The predicted molar refractivity (Wildman–Crippen MR) is 87.0 cm³/mol. The van der Waals surface area contributed by atoms with Crippen LogP contribution in [0.15, 0.2) is 16.6 Å². The average molecular weight is 372 g/mol. The number of aromatic hydroxyl groups is 1. The summed E-state index contributed by atoms with van der Waals surface area (Å²) in [6.45, 7) is 3.51. The second kappa shape index (κ2) is 7.83. The molecule has 1 saturated heterocycles. The Bertz CT molecular complexity index is 535. The number of carbonyl (C=O) groups excluding carboxylic acids is 1. The molecule has 6 heteroatoms. The first kappa shape index (κ1) is 17.1. The summed E-state index contributed by atoms with van der Waals surface area (Å²) in [5, 5.41) is 10.3. The molecule has 122 valence electrons. The summed E-state index contributed by atoms with van der Waals surface area (Å²) in [6, 6.07) is 3.34. The van der Waals surface area contributed by atoms with Gasteiger partial charge in [-0.15, -0.1) is 0 Å². The largest absolute Gasteiger partial charge is 0.504 e. The minimum absolute atomic E-state index is 0.124. The van der Waals surface area contributed by atoms with Crippen LogP contribution in [0.25, 0.3) is 0 Å². The van der Waals surface area contributed by atoms with E-state index in [2.05, 4.69) is 20.8 Å². The van der Waals surface area contributed by atoms with Crippen LogP contribution in [-0.2, 0) is 16.1 Å². The molecule has 0 aliphatic carbocycles. The van der Waals surface area contributed by atoms with Crippen LogP contribution >= 0.6 is 15.9 Å². The molecule has 0 amide bonds. The molecule has 0 bridgehead atoms. The van der Waals surface area contributed by atoms with Gasteiger partial charge in [0, 0.05) is 16.6 Å². The lowest BCUT2D eigenvalue weighted by Crippen LogP contribution is -2.44. The number of benzene rings is 1. The van der Waals surface area contributed by atoms with E-state index in [-0.39, 0.29) is 17.8 Å². The van der Waals surface area contributed by atoms with E-state index in [4.69, 9.17) is 9.47 Å². The van der Waals surface area contributed by atoms with Gasteiger partial charge >= 0.3 is 5.97 Å². The molecule has 0 aromatic heterocycles. The van der Waals surface area contributed by atoms with E-state index in [0.717, 1.165) is 35.8 Å². The van der Waals surface area contributed by atoms with Gasteiger partial charge in [-0.2, -0.15) is 0 Å². The number of likely N-dealkylation sites (tertiary alicyclic amines) is 1. The second-order valence-corrected chi connectivity index (χ2v) is 6.27. The lowest BCUT2D eigenvalue weighted by Gasteiger charge is -2.34. The van der Waals surface area contributed by atoms with Crippen LogP contribution in [0.4, 0.5) is 0 Å². The maximum atomic E-state index is 12.1. The number of halogens is 1. The zero-order valence-corrected chi connectivity index (χ0v) is 14.6.